The Bertz CT molecular complexity index is 1310. The van der Waals surface area contributed by atoms with Crippen LogP contribution in [0.25, 0.3) is 16.4 Å². The Kier molecular flexibility index (Phi) is 4.99. The van der Waals surface area contributed by atoms with E-state index in [9.17, 15) is 14.0 Å². The Hall–Kier alpha value is -3.52. The lowest BCUT2D eigenvalue weighted by atomic mass is 10.2. The fourth-order valence-corrected chi connectivity index (χ4v) is 4.13. The molecule has 5 rings (SSSR count). The number of halogens is 1. The lowest BCUT2D eigenvalue weighted by molar-refractivity contribution is -0.133. The van der Waals surface area contributed by atoms with Gasteiger partial charge in [0.25, 0.3) is 5.56 Å². The molecule has 0 N–H and O–H groups in total. The van der Waals surface area contributed by atoms with Crippen molar-refractivity contribution < 1.29 is 9.18 Å². The fourth-order valence-electron chi connectivity index (χ4n) is 4.13. The van der Waals surface area contributed by atoms with Gasteiger partial charge in [-0.2, -0.15) is 5.10 Å². The van der Waals surface area contributed by atoms with Crippen molar-refractivity contribution >= 4 is 22.3 Å². The zero-order valence-corrected chi connectivity index (χ0v) is 16.9. The van der Waals surface area contributed by atoms with E-state index in [1.54, 1.807) is 21.4 Å². The molecule has 1 saturated heterocycles. The van der Waals surface area contributed by atoms with Crippen LogP contribution < -0.4 is 5.56 Å². The van der Waals surface area contributed by atoms with Crippen LogP contribution in [-0.4, -0.2) is 56.1 Å². The van der Waals surface area contributed by atoms with Gasteiger partial charge in [0.2, 0.25) is 5.91 Å². The lowest BCUT2D eigenvalue weighted by Crippen LogP contribution is -2.49. The summed E-state index contributed by atoms with van der Waals surface area (Å²) in [6, 6.07) is 16.2. The third-order valence-electron chi connectivity index (χ3n) is 5.82. The van der Waals surface area contributed by atoms with Crippen LogP contribution in [0.3, 0.4) is 0 Å². The van der Waals surface area contributed by atoms with E-state index in [1.165, 1.54) is 28.7 Å². The molecular weight excluding hydrogens is 397 g/mol. The summed E-state index contributed by atoms with van der Waals surface area (Å²) in [4.78, 5) is 29.8. The van der Waals surface area contributed by atoms with Crippen LogP contribution in [0.1, 0.15) is 5.56 Å². The van der Waals surface area contributed by atoms with Crippen molar-refractivity contribution in [2.45, 2.75) is 13.1 Å². The van der Waals surface area contributed by atoms with Gasteiger partial charge in [0.15, 0.2) is 0 Å². The zero-order valence-electron chi connectivity index (χ0n) is 16.9. The quantitative estimate of drug-likeness (QED) is 0.509. The molecule has 1 aliphatic heterocycles. The number of fused-ring (bicyclic) bond motifs is 3. The number of benzene rings is 2. The highest BCUT2D eigenvalue weighted by molar-refractivity contribution is 5.86. The molecule has 7 nitrogen and oxygen atoms in total. The van der Waals surface area contributed by atoms with E-state index in [4.69, 9.17) is 0 Å². The van der Waals surface area contributed by atoms with Crippen molar-refractivity contribution in [3.63, 3.8) is 0 Å². The van der Waals surface area contributed by atoms with Gasteiger partial charge in [-0.1, -0.05) is 30.3 Å². The molecule has 0 unspecified atom stereocenters. The Morgan fingerprint density at radius 1 is 0.968 bits per heavy atom. The van der Waals surface area contributed by atoms with E-state index in [0.717, 1.165) is 19.6 Å². The second-order valence-electron chi connectivity index (χ2n) is 7.84. The monoisotopic (exact) mass is 419 g/mol. The largest absolute Gasteiger partial charge is 0.339 e. The fraction of sp³-hybridized carbons (Fsp3) is 0.261. The van der Waals surface area contributed by atoms with Crippen LogP contribution in [0, 0.1) is 5.82 Å². The SMILES string of the molecule is O=C(Cn1ncn2c(cc3cc(F)ccc32)c1=O)N1CCN(Cc2ccccc2)CC1. The average Bonchev–Trinajstić information content (AvgIpc) is 3.15. The average molecular weight is 419 g/mol. The van der Waals surface area contributed by atoms with Crippen LogP contribution in [0.2, 0.25) is 0 Å². The predicted octanol–water partition coefficient (Wildman–Crippen LogP) is 2.13. The molecule has 0 spiro atoms. The van der Waals surface area contributed by atoms with Gasteiger partial charge in [0.05, 0.1) is 5.52 Å². The van der Waals surface area contributed by atoms with Gasteiger partial charge < -0.3 is 4.90 Å². The predicted molar refractivity (Wildman–Crippen MR) is 115 cm³/mol. The van der Waals surface area contributed by atoms with Crippen molar-refractivity contribution in [1.29, 1.82) is 0 Å². The zero-order chi connectivity index (χ0) is 21.4. The number of carbonyl (C=O) groups excluding carboxylic acids is 1. The summed E-state index contributed by atoms with van der Waals surface area (Å²) < 4.78 is 16.3. The van der Waals surface area contributed by atoms with E-state index in [-0.39, 0.29) is 23.8 Å². The first-order chi connectivity index (χ1) is 15.1. The standard InChI is InChI=1S/C23H22FN5O2/c24-19-6-7-20-18(12-19)13-21-23(31)29(25-16-28(20)21)15-22(30)27-10-8-26(9-11-27)14-17-4-2-1-3-5-17/h1-7,12-13,16H,8-11,14-15H2. The lowest BCUT2D eigenvalue weighted by Gasteiger charge is -2.34. The normalized spacial score (nSPS) is 15.1. The Labute approximate surface area is 177 Å². The smallest absolute Gasteiger partial charge is 0.291 e. The number of carbonyl (C=O) groups is 1. The second-order valence-corrected chi connectivity index (χ2v) is 7.84. The van der Waals surface area contributed by atoms with E-state index < -0.39 is 0 Å². The topological polar surface area (TPSA) is 62.9 Å². The minimum Gasteiger partial charge on any atom is -0.339 e. The van der Waals surface area contributed by atoms with Crippen LogP contribution in [0.4, 0.5) is 4.39 Å². The van der Waals surface area contributed by atoms with Crippen LogP contribution in [0.5, 0.6) is 0 Å². The maximum Gasteiger partial charge on any atom is 0.291 e. The first-order valence-electron chi connectivity index (χ1n) is 10.3. The Morgan fingerprint density at radius 3 is 2.52 bits per heavy atom. The van der Waals surface area contributed by atoms with Crippen molar-refractivity contribution in [3.05, 3.63) is 82.7 Å². The van der Waals surface area contributed by atoms with Gasteiger partial charge in [-0.15, -0.1) is 0 Å². The van der Waals surface area contributed by atoms with Gasteiger partial charge in [-0.05, 0) is 29.8 Å². The molecule has 0 radical (unpaired) electrons. The molecule has 0 saturated carbocycles. The highest BCUT2D eigenvalue weighted by Gasteiger charge is 2.22. The summed E-state index contributed by atoms with van der Waals surface area (Å²) in [5.74, 6) is -0.487. The van der Waals surface area contributed by atoms with Crippen LogP contribution >= 0.6 is 0 Å². The first kappa shape index (κ1) is 19.4. The van der Waals surface area contributed by atoms with Gasteiger partial charge >= 0.3 is 0 Å². The summed E-state index contributed by atoms with van der Waals surface area (Å²) in [7, 11) is 0. The summed E-state index contributed by atoms with van der Waals surface area (Å²) in [6.07, 6.45) is 1.50. The molecule has 31 heavy (non-hydrogen) atoms. The maximum atomic E-state index is 13.5. The summed E-state index contributed by atoms with van der Waals surface area (Å²) in [5, 5.41) is 4.79. The number of hydrogen-bond donors (Lipinski definition) is 0. The molecule has 8 heteroatoms. The van der Waals surface area contributed by atoms with Crippen molar-refractivity contribution in [2.75, 3.05) is 26.2 Å². The number of aromatic nitrogens is 3. The number of amides is 1. The first-order valence-corrected chi connectivity index (χ1v) is 10.3. The van der Waals surface area contributed by atoms with Gasteiger partial charge in [-0.25, -0.2) is 9.07 Å². The molecular formula is C23H22FN5O2. The molecule has 1 fully saturated rings. The van der Waals surface area contributed by atoms with E-state index in [1.807, 2.05) is 18.2 Å². The maximum absolute atomic E-state index is 13.5. The number of rotatable bonds is 4. The molecule has 158 valence electrons. The molecule has 2 aromatic carbocycles. The number of nitrogens with zero attached hydrogens (tertiary/aromatic N) is 5. The highest BCUT2D eigenvalue weighted by atomic mass is 19.1. The number of hydrogen-bond acceptors (Lipinski definition) is 4. The third-order valence-corrected chi connectivity index (χ3v) is 5.82. The van der Waals surface area contributed by atoms with Crippen molar-refractivity contribution in [3.8, 4) is 0 Å². The Balaban J connectivity index is 1.28. The van der Waals surface area contributed by atoms with Gasteiger partial charge in [0.1, 0.15) is 24.2 Å². The second kappa shape index (κ2) is 7.96. The van der Waals surface area contributed by atoms with Gasteiger partial charge in [-0.3, -0.25) is 18.9 Å². The molecule has 1 aliphatic rings. The summed E-state index contributed by atoms with van der Waals surface area (Å²) in [5.41, 5.74) is 1.96. The highest BCUT2D eigenvalue weighted by Crippen LogP contribution is 2.18. The van der Waals surface area contributed by atoms with Crippen LogP contribution in [-0.2, 0) is 17.9 Å². The molecule has 0 aliphatic carbocycles. The minimum absolute atomic E-state index is 0.107. The van der Waals surface area contributed by atoms with Crippen molar-refractivity contribution in [2.24, 2.45) is 0 Å². The molecule has 1 amide bonds. The molecule has 0 atom stereocenters. The third kappa shape index (κ3) is 3.82. The van der Waals surface area contributed by atoms with Gasteiger partial charge in [0, 0.05) is 38.1 Å². The number of piperazine rings is 1. The van der Waals surface area contributed by atoms with E-state index in [0.29, 0.717) is 29.5 Å². The Morgan fingerprint density at radius 2 is 1.74 bits per heavy atom. The minimum atomic E-state index is -0.366. The molecule has 2 aromatic heterocycles. The molecule has 3 heterocycles. The molecule has 4 aromatic rings. The summed E-state index contributed by atoms with van der Waals surface area (Å²) in [6.45, 7) is 3.58. The van der Waals surface area contributed by atoms with E-state index in [2.05, 4.69) is 22.1 Å². The molecule has 0 bridgehead atoms. The van der Waals surface area contributed by atoms with Crippen LogP contribution in [0.15, 0.2) is 65.7 Å². The van der Waals surface area contributed by atoms with Crippen molar-refractivity contribution in [1.82, 2.24) is 24.0 Å². The van der Waals surface area contributed by atoms with E-state index >= 15 is 0 Å². The summed E-state index contributed by atoms with van der Waals surface area (Å²) >= 11 is 0.